The van der Waals surface area contributed by atoms with Gasteiger partial charge in [0, 0.05) is 30.2 Å². The van der Waals surface area contributed by atoms with Gasteiger partial charge in [-0.2, -0.15) is 9.97 Å². The van der Waals surface area contributed by atoms with Gasteiger partial charge in [0.2, 0.25) is 11.8 Å². The van der Waals surface area contributed by atoms with E-state index in [1.807, 2.05) is 44.2 Å². The van der Waals surface area contributed by atoms with Gasteiger partial charge in [-0.3, -0.25) is 18.4 Å². The molecule has 15 nitrogen and oxygen atoms in total. The number of carbonyl (C=O) groups excluding carboxylic acids is 2. The lowest BCUT2D eigenvalue weighted by molar-refractivity contribution is -0.118. The maximum absolute atomic E-state index is 13.9. The SMILES string of the molecule is CCOc1nc(N)nc2c1ncn2[C@@H]1O[C@H](COP(=O)(NCc2ccccc2)OCCSC(=O)C(C)(C)CCNC(=O)OC)C[C@@H]1C. The minimum atomic E-state index is -3.82. The maximum Gasteiger partial charge on any atom is 0.406 e. The smallest absolute Gasteiger partial charge is 0.406 e. The number of imidazole rings is 1. The zero-order chi connectivity index (χ0) is 34.0. The predicted molar refractivity (Wildman–Crippen MR) is 178 cm³/mol. The standard InChI is InChI=1S/C30H44N7O8PS/c1-6-42-25-23-24(35-28(31)36-25)37(19-33-23)26-20(2)16-22(45-26)18-44-46(40,34-17-21-10-8-7-9-11-21)43-14-15-47-27(38)30(3,4)12-13-32-29(39)41-5/h7-11,19-20,22,26H,6,12-18H2,1-5H3,(H,32,39)(H,34,40)(H2,31,35,36)/t20-,22-,26+,46?/m0/s1. The van der Waals surface area contributed by atoms with Gasteiger partial charge in [0.1, 0.15) is 6.23 Å². The fourth-order valence-electron chi connectivity index (χ4n) is 4.93. The van der Waals surface area contributed by atoms with Crippen molar-refractivity contribution in [2.45, 2.75) is 59.4 Å². The van der Waals surface area contributed by atoms with Crippen LogP contribution in [0.1, 0.15) is 52.3 Å². The molecule has 3 aromatic rings. The largest absolute Gasteiger partial charge is 0.476 e. The van der Waals surface area contributed by atoms with Crippen molar-refractivity contribution >= 4 is 47.8 Å². The summed E-state index contributed by atoms with van der Waals surface area (Å²) in [4.78, 5) is 37.1. The van der Waals surface area contributed by atoms with Gasteiger partial charge in [0.25, 0.3) is 0 Å². The lowest BCUT2D eigenvalue weighted by atomic mass is 9.91. The molecular formula is C30H44N7O8PS. The quantitative estimate of drug-likeness (QED) is 0.130. The van der Waals surface area contributed by atoms with E-state index in [0.717, 1.165) is 17.3 Å². The van der Waals surface area contributed by atoms with E-state index in [1.165, 1.54) is 7.11 Å². The Hall–Kier alpha value is -3.27. The Balaban J connectivity index is 1.36. The highest BCUT2D eigenvalue weighted by Gasteiger charge is 2.37. The molecule has 47 heavy (non-hydrogen) atoms. The second-order valence-corrected chi connectivity index (χ2v) is 14.5. The molecule has 0 saturated carbocycles. The number of alkyl carbamates (subject to hydrolysis) is 1. The zero-order valence-corrected chi connectivity index (χ0v) is 29.1. The first kappa shape index (κ1) is 36.6. The highest BCUT2D eigenvalue weighted by Crippen LogP contribution is 2.46. The van der Waals surface area contributed by atoms with Crippen molar-refractivity contribution in [3.8, 4) is 5.88 Å². The molecule has 4 atom stereocenters. The number of nitrogens with zero attached hydrogens (tertiary/aromatic N) is 4. The van der Waals surface area contributed by atoms with Gasteiger partial charge < -0.3 is 25.3 Å². The Bertz CT molecular complexity index is 1540. The first-order valence-electron chi connectivity index (χ1n) is 15.4. The molecule has 17 heteroatoms. The fraction of sp³-hybridized carbons (Fsp3) is 0.567. The fourth-order valence-corrected chi connectivity index (χ4v) is 7.22. The van der Waals surface area contributed by atoms with Gasteiger partial charge in [0.05, 0.1) is 39.4 Å². The molecule has 1 unspecified atom stereocenters. The summed E-state index contributed by atoms with van der Waals surface area (Å²) in [6.45, 7) is 8.44. The number of nitrogens with two attached hydrogens (primary N) is 1. The Morgan fingerprint density at radius 1 is 1.21 bits per heavy atom. The summed E-state index contributed by atoms with van der Waals surface area (Å²) >= 11 is 1.08. The van der Waals surface area contributed by atoms with Crippen LogP contribution in [0.4, 0.5) is 10.7 Å². The molecule has 0 spiro atoms. The van der Waals surface area contributed by atoms with Crippen molar-refractivity contribution in [1.82, 2.24) is 29.9 Å². The molecular weight excluding hydrogens is 649 g/mol. The summed E-state index contributed by atoms with van der Waals surface area (Å²) in [5.41, 5.74) is 7.11. The summed E-state index contributed by atoms with van der Waals surface area (Å²) in [5, 5.41) is 5.46. The Morgan fingerprint density at radius 2 is 1.98 bits per heavy atom. The third-order valence-corrected chi connectivity index (χ3v) is 10.2. The van der Waals surface area contributed by atoms with Crippen LogP contribution >= 0.6 is 19.5 Å². The molecule has 4 rings (SSSR count). The molecule has 0 aliphatic carbocycles. The number of hydrogen-bond acceptors (Lipinski definition) is 13. The third kappa shape index (κ3) is 10.1. The number of aromatic nitrogens is 4. The molecule has 0 radical (unpaired) electrons. The zero-order valence-electron chi connectivity index (χ0n) is 27.3. The van der Waals surface area contributed by atoms with Crippen LogP contribution in [0.3, 0.4) is 0 Å². The summed E-state index contributed by atoms with van der Waals surface area (Å²) < 4.78 is 43.9. The van der Waals surface area contributed by atoms with Crippen molar-refractivity contribution in [1.29, 1.82) is 0 Å². The van der Waals surface area contributed by atoms with Crippen LogP contribution in [0, 0.1) is 11.3 Å². The van der Waals surface area contributed by atoms with E-state index in [-0.39, 0.29) is 42.5 Å². The van der Waals surface area contributed by atoms with Crippen molar-refractivity contribution < 1.29 is 37.4 Å². The van der Waals surface area contributed by atoms with Gasteiger partial charge in [-0.1, -0.05) is 62.9 Å². The number of anilines is 1. The van der Waals surface area contributed by atoms with Crippen molar-refractivity contribution in [3.05, 3.63) is 42.2 Å². The molecule has 1 aromatic carbocycles. The van der Waals surface area contributed by atoms with Crippen LogP contribution in [0.15, 0.2) is 36.7 Å². The highest BCUT2D eigenvalue weighted by molar-refractivity contribution is 8.13. The van der Waals surface area contributed by atoms with Crippen LogP contribution in [0.5, 0.6) is 5.88 Å². The first-order valence-corrected chi connectivity index (χ1v) is 17.9. The number of carbonyl (C=O) groups is 2. The molecule has 3 heterocycles. The summed E-state index contributed by atoms with van der Waals surface area (Å²) in [6.07, 6.45) is 1.29. The first-order chi connectivity index (χ1) is 22.4. The number of rotatable bonds is 17. The monoisotopic (exact) mass is 693 g/mol. The topological polar surface area (TPSA) is 191 Å². The number of nitrogens with one attached hydrogen (secondary N) is 2. The molecule has 1 amide bonds. The number of fused-ring (bicyclic) bond motifs is 1. The molecule has 0 bridgehead atoms. The molecule has 1 aliphatic heterocycles. The number of ether oxygens (including phenoxy) is 3. The second kappa shape index (κ2) is 16.7. The van der Waals surface area contributed by atoms with Gasteiger partial charge in [-0.25, -0.2) is 19.4 Å². The average molecular weight is 694 g/mol. The number of methoxy groups -OCH3 is 1. The lowest BCUT2D eigenvalue weighted by Crippen LogP contribution is -2.31. The maximum atomic E-state index is 13.9. The van der Waals surface area contributed by atoms with Crippen LogP contribution in [0.25, 0.3) is 11.2 Å². The van der Waals surface area contributed by atoms with E-state index < -0.39 is 31.6 Å². The van der Waals surface area contributed by atoms with E-state index in [2.05, 4.69) is 30.1 Å². The molecule has 2 aromatic heterocycles. The van der Waals surface area contributed by atoms with Crippen LogP contribution < -0.4 is 20.9 Å². The summed E-state index contributed by atoms with van der Waals surface area (Å²) in [5.74, 6) is 0.670. The Kier molecular flexibility index (Phi) is 13.0. The third-order valence-electron chi connectivity index (χ3n) is 7.50. The Morgan fingerprint density at radius 3 is 2.70 bits per heavy atom. The lowest BCUT2D eigenvalue weighted by Gasteiger charge is -2.23. The minimum absolute atomic E-state index is 0.000154. The predicted octanol–water partition coefficient (Wildman–Crippen LogP) is 4.69. The number of benzene rings is 1. The normalized spacial score (nSPS) is 19.4. The minimum Gasteiger partial charge on any atom is -0.476 e. The molecule has 1 fully saturated rings. The van der Waals surface area contributed by atoms with Crippen LogP contribution in [0.2, 0.25) is 0 Å². The molecule has 1 saturated heterocycles. The van der Waals surface area contributed by atoms with Gasteiger partial charge in [0.15, 0.2) is 16.3 Å². The van der Waals surface area contributed by atoms with Crippen molar-refractivity contribution in [2.24, 2.45) is 11.3 Å². The van der Waals surface area contributed by atoms with Gasteiger partial charge >= 0.3 is 13.8 Å². The van der Waals surface area contributed by atoms with Crippen LogP contribution in [-0.2, 0) is 34.4 Å². The number of hydrogen-bond donors (Lipinski definition) is 3. The van der Waals surface area contributed by atoms with Crippen molar-refractivity contribution in [3.63, 3.8) is 0 Å². The molecule has 1 aliphatic rings. The van der Waals surface area contributed by atoms with Gasteiger partial charge in [-0.15, -0.1) is 0 Å². The van der Waals surface area contributed by atoms with E-state index in [0.29, 0.717) is 43.0 Å². The molecule has 258 valence electrons. The van der Waals surface area contributed by atoms with E-state index in [1.54, 1.807) is 24.7 Å². The average Bonchev–Trinajstić information content (AvgIpc) is 3.64. The van der Waals surface area contributed by atoms with Crippen molar-refractivity contribution in [2.75, 3.05) is 45.0 Å². The van der Waals surface area contributed by atoms with E-state index >= 15 is 0 Å². The summed E-state index contributed by atoms with van der Waals surface area (Å²) in [7, 11) is -2.54. The highest BCUT2D eigenvalue weighted by atomic mass is 32.2. The molecule has 4 N–H and O–H groups in total. The number of nitrogen functional groups attached to an aromatic ring is 1. The van der Waals surface area contributed by atoms with Crippen LogP contribution in [-0.4, -0.2) is 76.1 Å². The second-order valence-electron chi connectivity index (χ2n) is 11.6. The van der Waals surface area contributed by atoms with Gasteiger partial charge in [-0.05, 0) is 25.3 Å². The number of thioether (sulfide) groups is 1. The van der Waals surface area contributed by atoms with E-state index in [4.69, 9.17) is 24.3 Å². The number of amides is 1. The van der Waals surface area contributed by atoms with E-state index in [9.17, 15) is 14.2 Å². The summed E-state index contributed by atoms with van der Waals surface area (Å²) in [6, 6.07) is 9.47. The Labute approximate surface area is 278 Å².